The van der Waals surface area contributed by atoms with Crippen molar-refractivity contribution in [2.24, 2.45) is 0 Å². The van der Waals surface area contributed by atoms with Gasteiger partial charge in [0.1, 0.15) is 12.2 Å². The minimum Gasteiger partial charge on any atom is -0.394 e. The maximum Gasteiger partial charge on any atom is 0.164 e. The predicted octanol–water partition coefficient (Wildman–Crippen LogP) is 3.18. The molecular weight excluding hydrogens is 263 g/mol. The van der Waals surface area contributed by atoms with E-state index in [2.05, 4.69) is 0 Å². The van der Waals surface area contributed by atoms with Gasteiger partial charge in [0.25, 0.3) is 0 Å². The van der Waals surface area contributed by atoms with Crippen LogP contribution in [0.1, 0.15) is 25.5 Å². The standard InChI is InChI=1S/C12H14Cl2O3/c1-12(2)16-9(6-15)11(17-12)10-7(13)4-3-5-8(10)14/h3-5,9,11,15H,6H2,1-2H3/t9-,11?/m1/s1. The third-order valence-electron chi connectivity index (χ3n) is 2.65. The summed E-state index contributed by atoms with van der Waals surface area (Å²) in [5.74, 6) is -0.749. The van der Waals surface area contributed by atoms with Gasteiger partial charge < -0.3 is 14.6 Å². The van der Waals surface area contributed by atoms with E-state index in [1.54, 1.807) is 32.0 Å². The van der Waals surface area contributed by atoms with E-state index in [1.165, 1.54) is 0 Å². The van der Waals surface area contributed by atoms with Gasteiger partial charge in [-0.3, -0.25) is 0 Å². The third-order valence-corrected chi connectivity index (χ3v) is 3.31. The first-order valence-electron chi connectivity index (χ1n) is 5.35. The summed E-state index contributed by atoms with van der Waals surface area (Å²) in [6.07, 6.45) is -0.904. The van der Waals surface area contributed by atoms with Crippen LogP contribution in [-0.4, -0.2) is 23.6 Å². The van der Waals surface area contributed by atoms with E-state index >= 15 is 0 Å². The highest BCUT2D eigenvalue weighted by Gasteiger charge is 2.43. The van der Waals surface area contributed by atoms with Gasteiger partial charge in [0, 0.05) is 15.6 Å². The van der Waals surface area contributed by atoms with Gasteiger partial charge in [-0.05, 0) is 26.0 Å². The molecule has 0 amide bonds. The summed E-state index contributed by atoms with van der Waals surface area (Å²) in [7, 11) is 0. The second-order valence-electron chi connectivity index (χ2n) is 4.41. The third kappa shape index (κ3) is 2.59. The highest BCUT2D eigenvalue weighted by Crippen LogP contribution is 2.43. The maximum atomic E-state index is 9.32. The Labute approximate surface area is 110 Å². The average Bonchev–Trinajstić information content (AvgIpc) is 2.53. The number of rotatable bonds is 2. The predicted molar refractivity (Wildman–Crippen MR) is 66.3 cm³/mol. The van der Waals surface area contributed by atoms with Crippen LogP contribution in [0.15, 0.2) is 18.2 Å². The summed E-state index contributed by atoms with van der Waals surface area (Å²) in [5, 5.41) is 10.4. The Kier molecular flexibility index (Phi) is 3.66. The van der Waals surface area contributed by atoms with Gasteiger partial charge in [-0.2, -0.15) is 0 Å². The van der Waals surface area contributed by atoms with E-state index < -0.39 is 18.0 Å². The van der Waals surface area contributed by atoms with Crippen LogP contribution in [0, 0.1) is 0 Å². The molecular formula is C12H14Cl2O3. The van der Waals surface area contributed by atoms with Crippen LogP contribution in [0.2, 0.25) is 10.0 Å². The Bertz CT molecular complexity index is 400. The van der Waals surface area contributed by atoms with E-state index in [9.17, 15) is 5.11 Å². The molecule has 2 atom stereocenters. The van der Waals surface area contributed by atoms with Gasteiger partial charge in [0.05, 0.1) is 6.61 Å². The lowest BCUT2D eigenvalue weighted by atomic mass is 10.0. The van der Waals surface area contributed by atoms with Gasteiger partial charge in [0.2, 0.25) is 0 Å². The summed E-state index contributed by atoms with van der Waals surface area (Å²) in [6.45, 7) is 3.44. The molecule has 0 radical (unpaired) electrons. The monoisotopic (exact) mass is 276 g/mol. The fourth-order valence-electron chi connectivity index (χ4n) is 2.00. The Hall–Kier alpha value is -0.320. The first-order valence-corrected chi connectivity index (χ1v) is 6.10. The van der Waals surface area contributed by atoms with Crippen LogP contribution in [0.3, 0.4) is 0 Å². The number of aliphatic hydroxyl groups is 1. The SMILES string of the molecule is CC1(C)OC(c2c(Cl)cccc2Cl)[C@@H](CO)O1. The normalized spacial score (nSPS) is 27.4. The molecule has 0 saturated carbocycles. The molecule has 1 fully saturated rings. The van der Waals surface area contributed by atoms with Gasteiger partial charge in [-0.15, -0.1) is 0 Å². The molecule has 1 heterocycles. The number of benzene rings is 1. The molecule has 1 aromatic rings. The number of hydrogen-bond donors (Lipinski definition) is 1. The lowest BCUT2D eigenvalue weighted by molar-refractivity contribution is -0.149. The minimum absolute atomic E-state index is 0.143. The zero-order chi connectivity index (χ0) is 12.6. The van der Waals surface area contributed by atoms with Crippen LogP contribution in [-0.2, 0) is 9.47 Å². The molecule has 3 nitrogen and oxygen atoms in total. The molecule has 5 heteroatoms. The molecule has 17 heavy (non-hydrogen) atoms. The molecule has 1 aliphatic rings. The highest BCUT2D eigenvalue weighted by molar-refractivity contribution is 6.36. The van der Waals surface area contributed by atoms with E-state index in [4.69, 9.17) is 32.7 Å². The summed E-state index contributed by atoms with van der Waals surface area (Å²) in [4.78, 5) is 0. The van der Waals surface area contributed by atoms with Crippen LogP contribution >= 0.6 is 23.2 Å². The van der Waals surface area contributed by atoms with Gasteiger partial charge >= 0.3 is 0 Å². The summed E-state index contributed by atoms with van der Waals surface area (Å²) < 4.78 is 11.3. The second kappa shape index (κ2) is 4.75. The van der Waals surface area contributed by atoms with Crippen LogP contribution in [0.25, 0.3) is 0 Å². The quantitative estimate of drug-likeness (QED) is 0.902. The molecule has 1 aliphatic heterocycles. The lowest BCUT2D eigenvalue weighted by Gasteiger charge is -2.18. The number of halogens is 2. The van der Waals surface area contributed by atoms with Crippen LogP contribution in [0.5, 0.6) is 0 Å². The first-order chi connectivity index (χ1) is 7.94. The maximum absolute atomic E-state index is 9.32. The molecule has 0 aromatic heterocycles. The number of aliphatic hydroxyl groups excluding tert-OH is 1. The first kappa shape index (κ1) is 13.1. The van der Waals surface area contributed by atoms with Gasteiger partial charge in [-0.25, -0.2) is 0 Å². The van der Waals surface area contributed by atoms with Crippen molar-refractivity contribution >= 4 is 23.2 Å². The molecule has 0 bridgehead atoms. The molecule has 1 unspecified atom stereocenters. The van der Waals surface area contributed by atoms with Crippen molar-refractivity contribution in [2.45, 2.75) is 31.8 Å². The minimum atomic E-state index is -0.749. The molecule has 1 saturated heterocycles. The van der Waals surface area contributed by atoms with Crippen molar-refractivity contribution < 1.29 is 14.6 Å². The Morgan fingerprint density at radius 3 is 2.35 bits per heavy atom. The zero-order valence-electron chi connectivity index (χ0n) is 9.61. The van der Waals surface area contributed by atoms with E-state index in [1.807, 2.05) is 0 Å². The second-order valence-corrected chi connectivity index (χ2v) is 5.23. The lowest BCUT2D eigenvalue weighted by Crippen LogP contribution is -2.23. The number of ether oxygens (including phenoxy) is 2. The fourth-order valence-corrected chi connectivity index (χ4v) is 2.61. The average molecular weight is 277 g/mol. The topological polar surface area (TPSA) is 38.7 Å². The Morgan fingerprint density at radius 2 is 1.82 bits per heavy atom. The highest BCUT2D eigenvalue weighted by atomic mass is 35.5. The fraction of sp³-hybridized carbons (Fsp3) is 0.500. The Balaban J connectivity index is 2.39. The van der Waals surface area contributed by atoms with Crippen molar-refractivity contribution in [3.8, 4) is 0 Å². The largest absolute Gasteiger partial charge is 0.394 e. The molecule has 0 aliphatic carbocycles. The van der Waals surface area contributed by atoms with Crippen LogP contribution < -0.4 is 0 Å². The molecule has 2 rings (SSSR count). The van der Waals surface area contributed by atoms with Crippen LogP contribution in [0.4, 0.5) is 0 Å². The number of hydrogen-bond acceptors (Lipinski definition) is 3. The smallest absolute Gasteiger partial charge is 0.164 e. The van der Waals surface area contributed by atoms with Crippen molar-refractivity contribution in [3.63, 3.8) is 0 Å². The summed E-state index contributed by atoms with van der Waals surface area (Å²) in [6, 6.07) is 5.25. The van der Waals surface area contributed by atoms with Crippen molar-refractivity contribution in [1.82, 2.24) is 0 Å². The van der Waals surface area contributed by atoms with Gasteiger partial charge in [-0.1, -0.05) is 29.3 Å². The Morgan fingerprint density at radius 1 is 1.24 bits per heavy atom. The molecule has 1 aromatic carbocycles. The molecule has 1 N–H and O–H groups in total. The summed E-state index contributed by atoms with van der Waals surface area (Å²) in [5.41, 5.74) is 0.667. The molecule has 0 spiro atoms. The van der Waals surface area contributed by atoms with E-state index in [-0.39, 0.29) is 6.61 Å². The van der Waals surface area contributed by atoms with Gasteiger partial charge in [0.15, 0.2) is 5.79 Å². The van der Waals surface area contributed by atoms with Crippen molar-refractivity contribution in [3.05, 3.63) is 33.8 Å². The van der Waals surface area contributed by atoms with E-state index in [0.717, 1.165) is 0 Å². The van der Waals surface area contributed by atoms with E-state index in [0.29, 0.717) is 15.6 Å². The van der Waals surface area contributed by atoms with Crippen molar-refractivity contribution in [2.75, 3.05) is 6.61 Å². The zero-order valence-corrected chi connectivity index (χ0v) is 11.1. The van der Waals surface area contributed by atoms with Crippen molar-refractivity contribution in [1.29, 1.82) is 0 Å². The molecule has 94 valence electrons. The summed E-state index contributed by atoms with van der Waals surface area (Å²) >= 11 is 12.2.